The third kappa shape index (κ3) is 2.28. The number of aromatic nitrogens is 2. The second-order valence-electron chi connectivity index (χ2n) is 3.46. The molecule has 0 aromatic carbocycles. The van der Waals surface area contributed by atoms with Crippen molar-refractivity contribution in [3.8, 4) is 17.1 Å². The number of aryl methyl sites for hydroxylation is 1. The molecule has 0 aliphatic carbocycles. The fraction of sp³-hybridized carbons (Fsp3) is 0.167. The van der Waals surface area contributed by atoms with Crippen LogP contribution in [-0.2, 0) is 0 Å². The molecule has 1 N–H and O–H groups in total. The van der Waals surface area contributed by atoms with Crippen molar-refractivity contribution in [1.82, 2.24) is 9.97 Å². The van der Waals surface area contributed by atoms with Gasteiger partial charge in [0.2, 0.25) is 0 Å². The molecule has 4 heteroatoms. The molecule has 0 atom stereocenters. The Hall–Kier alpha value is -1.68. The SMILES string of the molecule is COc1cc(C)nc(-c2cccc(=S)[nH]2)c1. The van der Waals surface area contributed by atoms with Crippen LogP contribution < -0.4 is 4.74 Å². The molecular weight excluding hydrogens is 220 g/mol. The number of hydrogen-bond acceptors (Lipinski definition) is 3. The third-order valence-corrected chi connectivity index (χ3v) is 2.45. The average Bonchev–Trinajstić information content (AvgIpc) is 2.28. The molecule has 2 rings (SSSR count). The predicted molar refractivity (Wildman–Crippen MR) is 66.1 cm³/mol. The lowest BCUT2D eigenvalue weighted by atomic mass is 10.2. The summed E-state index contributed by atoms with van der Waals surface area (Å²) in [5.74, 6) is 0.797. The topological polar surface area (TPSA) is 37.9 Å². The Morgan fingerprint density at radius 2 is 2.12 bits per heavy atom. The van der Waals surface area contributed by atoms with Gasteiger partial charge in [0.15, 0.2) is 0 Å². The van der Waals surface area contributed by atoms with Crippen LogP contribution in [0.1, 0.15) is 5.69 Å². The van der Waals surface area contributed by atoms with Crippen LogP contribution in [0.15, 0.2) is 30.3 Å². The largest absolute Gasteiger partial charge is 0.497 e. The molecule has 0 radical (unpaired) electrons. The van der Waals surface area contributed by atoms with E-state index in [1.165, 1.54) is 0 Å². The summed E-state index contributed by atoms with van der Waals surface area (Å²) < 4.78 is 5.90. The van der Waals surface area contributed by atoms with E-state index in [-0.39, 0.29) is 0 Å². The summed E-state index contributed by atoms with van der Waals surface area (Å²) in [5, 5.41) is 0. The molecule has 0 saturated carbocycles. The van der Waals surface area contributed by atoms with Crippen LogP contribution in [0.25, 0.3) is 11.4 Å². The van der Waals surface area contributed by atoms with Gasteiger partial charge < -0.3 is 9.72 Å². The van der Waals surface area contributed by atoms with E-state index in [1.807, 2.05) is 37.3 Å². The van der Waals surface area contributed by atoms with Gasteiger partial charge in [-0.1, -0.05) is 18.3 Å². The van der Waals surface area contributed by atoms with E-state index in [9.17, 15) is 0 Å². The zero-order valence-electron chi connectivity index (χ0n) is 9.15. The molecule has 2 heterocycles. The smallest absolute Gasteiger partial charge is 0.122 e. The van der Waals surface area contributed by atoms with Crippen molar-refractivity contribution < 1.29 is 4.74 Å². The van der Waals surface area contributed by atoms with Crippen LogP contribution in [0.5, 0.6) is 5.75 Å². The molecule has 0 fully saturated rings. The first-order valence-corrected chi connectivity index (χ1v) is 5.32. The number of nitrogens with zero attached hydrogens (tertiary/aromatic N) is 1. The molecule has 0 saturated heterocycles. The quantitative estimate of drug-likeness (QED) is 0.808. The van der Waals surface area contributed by atoms with Crippen molar-refractivity contribution in [2.24, 2.45) is 0 Å². The molecule has 0 unspecified atom stereocenters. The highest BCUT2D eigenvalue weighted by atomic mass is 32.1. The Balaban J connectivity index is 2.55. The van der Waals surface area contributed by atoms with E-state index in [2.05, 4.69) is 9.97 Å². The van der Waals surface area contributed by atoms with Gasteiger partial charge in [0, 0.05) is 17.8 Å². The van der Waals surface area contributed by atoms with Gasteiger partial charge >= 0.3 is 0 Å². The number of nitrogens with one attached hydrogen (secondary N) is 1. The maximum atomic E-state index is 5.21. The Labute approximate surface area is 99.1 Å². The van der Waals surface area contributed by atoms with Crippen molar-refractivity contribution in [2.75, 3.05) is 7.11 Å². The number of H-pyrrole nitrogens is 1. The average molecular weight is 232 g/mol. The summed E-state index contributed by atoms with van der Waals surface area (Å²) in [6.07, 6.45) is 0. The lowest BCUT2D eigenvalue weighted by Gasteiger charge is -2.05. The minimum Gasteiger partial charge on any atom is -0.497 e. The van der Waals surface area contributed by atoms with Crippen molar-refractivity contribution in [3.63, 3.8) is 0 Å². The van der Waals surface area contributed by atoms with Crippen LogP contribution >= 0.6 is 12.2 Å². The van der Waals surface area contributed by atoms with Gasteiger partial charge in [-0.3, -0.25) is 4.98 Å². The number of rotatable bonds is 2. The van der Waals surface area contributed by atoms with Gasteiger partial charge in [-0.25, -0.2) is 0 Å². The summed E-state index contributed by atoms with van der Waals surface area (Å²) in [6.45, 7) is 1.93. The van der Waals surface area contributed by atoms with Crippen LogP contribution in [0.4, 0.5) is 0 Å². The maximum absolute atomic E-state index is 5.21. The minimum absolute atomic E-state index is 0.694. The van der Waals surface area contributed by atoms with E-state index in [1.54, 1.807) is 7.11 Å². The Morgan fingerprint density at radius 3 is 2.81 bits per heavy atom. The van der Waals surface area contributed by atoms with Gasteiger partial charge in [-0.2, -0.15) is 0 Å². The van der Waals surface area contributed by atoms with Crippen molar-refractivity contribution in [2.45, 2.75) is 6.92 Å². The van der Waals surface area contributed by atoms with Crippen molar-refractivity contribution >= 4 is 12.2 Å². The van der Waals surface area contributed by atoms with Crippen LogP contribution in [0.2, 0.25) is 0 Å². The molecule has 2 aromatic heterocycles. The van der Waals surface area contributed by atoms with E-state index in [0.717, 1.165) is 22.8 Å². The van der Waals surface area contributed by atoms with E-state index < -0.39 is 0 Å². The normalized spacial score (nSPS) is 10.1. The second-order valence-corrected chi connectivity index (χ2v) is 3.90. The first-order valence-electron chi connectivity index (χ1n) is 4.91. The minimum atomic E-state index is 0.694. The molecule has 0 bridgehead atoms. The Kier molecular flexibility index (Phi) is 3.01. The summed E-state index contributed by atoms with van der Waals surface area (Å²) in [5.41, 5.74) is 2.65. The molecule has 0 spiro atoms. The fourth-order valence-corrected chi connectivity index (χ4v) is 1.68. The van der Waals surface area contributed by atoms with Crippen LogP contribution in [-0.4, -0.2) is 17.1 Å². The standard InChI is InChI=1S/C12H12N2OS/c1-8-6-9(15-2)7-11(13-8)10-4-3-5-12(16)14-10/h3-7H,1-2H3,(H,14,16). The molecule has 0 aliphatic heterocycles. The van der Waals surface area contributed by atoms with Crippen LogP contribution in [0, 0.1) is 11.6 Å². The summed E-state index contributed by atoms with van der Waals surface area (Å²) in [7, 11) is 1.64. The Bertz CT molecular complexity index is 563. The van der Waals surface area contributed by atoms with E-state index in [4.69, 9.17) is 17.0 Å². The molecule has 3 nitrogen and oxygen atoms in total. The lowest BCUT2D eigenvalue weighted by molar-refractivity contribution is 0.414. The van der Waals surface area contributed by atoms with E-state index in [0.29, 0.717) is 4.64 Å². The summed E-state index contributed by atoms with van der Waals surface area (Å²) >= 11 is 5.08. The highest BCUT2D eigenvalue weighted by Gasteiger charge is 2.03. The van der Waals surface area contributed by atoms with Gasteiger partial charge in [0.25, 0.3) is 0 Å². The zero-order chi connectivity index (χ0) is 11.5. The second kappa shape index (κ2) is 4.45. The predicted octanol–water partition coefficient (Wildman–Crippen LogP) is 3.12. The number of methoxy groups -OCH3 is 1. The van der Waals surface area contributed by atoms with Gasteiger partial charge in [-0.05, 0) is 19.1 Å². The summed E-state index contributed by atoms with van der Waals surface area (Å²) in [6, 6.07) is 9.46. The highest BCUT2D eigenvalue weighted by molar-refractivity contribution is 7.71. The molecule has 16 heavy (non-hydrogen) atoms. The van der Waals surface area contributed by atoms with E-state index >= 15 is 0 Å². The zero-order valence-corrected chi connectivity index (χ0v) is 9.97. The van der Waals surface area contributed by atoms with Crippen molar-refractivity contribution in [1.29, 1.82) is 0 Å². The number of aromatic amines is 1. The molecule has 0 aliphatic rings. The van der Waals surface area contributed by atoms with Crippen molar-refractivity contribution in [3.05, 3.63) is 40.7 Å². The fourth-order valence-electron chi connectivity index (χ4n) is 1.49. The van der Waals surface area contributed by atoms with Gasteiger partial charge in [0.05, 0.1) is 18.5 Å². The molecule has 0 amide bonds. The monoisotopic (exact) mass is 232 g/mol. The summed E-state index contributed by atoms with van der Waals surface area (Å²) in [4.78, 5) is 7.53. The molecular formula is C12H12N2OS. The number of pyridine rings is 2. The number of hydrogen-bond donors (Lipinski definition) is 1. The first kappa shape index (κ1) is 10.8. The maximum Gasteiger partial charge on any atom is 0.122 e. The van der Waals surface area contributed by atoms with Crippen LogP contribution in [0.3, 0.4) is 0 Å². The third-order valence-electron chi connectivity index (χ3n) is 2.21. The Morgan fingerprint density at radius 1 is 1.31 bits per heavy atom. The highest BCUT2D eigenvalue weighted by Crippen LogP contribution is 2.20. The lowest BCUT2D eigenvalue weighted by Crippen LogP contribution is -1.92. The molecule has 82 valence electrons. The molecule has 2 aromatic rings. The van der Waals surface area contributed by atoms with Gasteiger partial charge in [0.1, 0.15) is 10.4 Å². The van der Waals surface area contributed by atoms with Gasteiger partial charge in [-0.15, -0.1) is 0 Å². The first-order chi connectivity index (χ1) is 7.69. The number of ether oxygens (including phenoxy) is 1.